The van der Waals surface area contributed by atoms with Gasteiger partial charge in [-0.3, -0.25) is 4.79 Å². The third kappa shape index (κ3) is 7.92. The minimum atomic E-state index is -0.123. The van der Waals surface area contributed by atoms with Crippen molar-refractivity contribution in [3.8, 4) is 5.75 Å². The Labute approximate surface area is 167 Å². The van der Waals surface area contributed by atoms with E-state index in [1.807, 2.05) is 37.3 Å². The molecule has 0 aromatic heterocycles. The second-order valence-electron chi connectivity index (χ2n) is 6.65. The SMILES string of the molecule is CCCCCCCOc1cccc(NCC(=O)Nc2cc(Cl)ccc2C)c1. The van der Waals surface area contributed by atoms with Crippen LogP contribution in [0.15, 0.2) is 42.5 Å². The summed E-state index contributed by atoms with van der Waals surface area (Å²) in [7, 11) is 0. The highest BCUT2D eigenvalue weighted by Crippen LogP contribution is 2.21. The zero-order valence-electron chi connectivity index (χ0n) is 16.2. The molecule has 0 saturated heterocycles. The molecular formula is C22H29ClN2O2. The van der Waals surface area contributed by atoms with Crippen LogP contribution >= 0.6 is 11.6 Å². The second kappa shape index (κ2) is 11.5. The fourth-order valence-corrected chi connectivity index (χ4v) is 2.87. The standard InChI is InChI=1S/C22H29ClN2O2/c1-3-4-5-6-7-13-27-20-10-8-9-19(15-20)24-16-22(26)25-21-14-18(23)12-11-17(21)2/h8-12,14-15,24H,3-7,13,16H2,1-2H3,(H,25,26). The zero-order valence-corrected chi connectivity index (χ0v) is 16.9. The molecule has 0 aliphatic heterocycles. The van der Waals surface area contributed by atoms with Crippen LogP contribution in [0.25, 0.3) is 0 Å². The topological polar surface area (TPSA) is 50.4 Å². The van der Waals surface area contributed by atoms with Crippen LogP contribution < -0.4 is 15.4 Å². The molecule has 0 aliphatic carbocycles. The molecule has 0 spiro atoms. The average molecular weight is 389 g/mol. The number of ether oxygens (including phenoxy) is 1. The highest BCUT2D eigenvalue weighted by molar-refractivity contribution is 6.31. The number of nitrogens with one attached hydrogen (secondary N) is 2. The van der Waals surface area contributed by atoms with Crippen LogP contribution in [0.5, 0.6) is 5.75 Å². The second-order valence-corrected chi connectivity index (χ2v) is 7.09. The van der Waals surface area contributed by atoms with Gasteiger partial charge < -0.3 is 15.4 Å². The maximum Gasteiger partial charge on any atom is 0.243 e. The van der Waals surface area contributed by atoms with Gasteiger partial charge in [0.05, 0.1) is 13.2 Å². The van der Waals surface area contributed by atoms with Gasteiger partial charge in [0, 0.05) is 22.5 Å². The molecule has 0 aliphatic rings. The van der Waals surface area contributed by atoms with Crippen LogP contribution in [0.2, 0.25) is 5.02 Å². The van der Waals surface area contributed by atoms with E-state index < -0.39 is 0 Å². The van der Waals surface area contributed by atoms with Gasteiger partial charge in [0.15, 0.2) is 0 Å². The Hall–Kier alpha value is -2.20. The van der Waals surface area contributed by atoms with E-state index in [9.17, 15) is 4.79 Å². The molecule has 0 heterocycles. The Balaban J connectivity index is 1.76. The summed E-state index contributed by atoms with van der Waals surface area (Å²) >= 11 is 5.99. The van der Waals surface area contributed by atoms with Gasteiger partial charge in [-0.05, 0) is 43.2 Å². The first-order chi connectivity index (χ1) is 13.1. The van der Waals surface area contributed by atoms with E-state index in [1.165, 1.54) is 25.7 Å². The molecule has 2 N–H and O–H groups in total. The van der Waals surface area contributed by atoms with E-state index in [0.717, 1.165) is 35.7 Å². The number of carbonyl (C=O) groups is 1. The van der Waals surface area contributed by atoms with Gasteiger partial charge in [0.25, 0.3) is 0 Å². The molecule has 0 saturated carbocycles. The van der Waals surface area contributed by atoms with Gasteiger partial charge in [-0.15, -0.1) is 0 Å². The number of hydrogen-bond acceptors (Lipinski definition) is 3. The molecule has 0 bridgehead atoms. The first-order valence-corrected chi connectivity index (χ1v) is 9.99. The number of rotatable bonds is 11. The van der Waals surface area contributed by atoms with Crippen LogP contribution in [0.1, 0.15) is 44.6 Å². The molecule has 2 aromatic carbocycles. The number of amides is 1. The molecule has 0 atom stereocenters. The van der Waals surface area contributed by atoms with E-state index in [-0.39, 0.29) is 12.5 Å². The summed E-state index contributed by atoms with van der Waals surface area (Å²) in [6.07, 6.45) is 6.08. The van der Waals surface area contributed by atoms with Crippen molar-refractivity contribution in [2.75, 3.05) is 23.8 Å². The summed E-state index contributed by atoms with van der Waals surface area (Å²) in [5.74, 6) is 0.698. The molecule has 5 heteroatoms. The van der Waals surface area contributed by atoms with Crippen LogP contribution in [0, 0.1) is 6.92 Å². The predicted octanol–water partition coefficient (Wildman–Crippen LogP) is 6.05. The minimum absolute atomic E-state index is 0.123. The highest BCUT2D eigenvalue weighted by atomic mass is 35.5. The summed E-state index contributed by atoms with van der Waals surface area (Å²) in [6, 6.07) is 13.1. The summed E-state index contributed by atoms with van der Waals surface area (Å²) in [4.78, 5) is 12.2. The number of aryl methyl sites for hydroxylation is 1. The van der Waals surface area contributed by atoms with Crippen molar-refractivity contribution in [2.24, 2.45) is 0 Å². The number of benzene rings is 2. The van der Waals surface area contributed by atoms with Crippen molar-refractivity contribution in [1.82, 2.24) is 0 Å². The van der Waals surface area contributed by atoms with Gasteiger partial charge in [-0.2, -0.15) is 0 Å². The molecule has 0 unspecified atom stereocenters. The molecular weight excluding hydrogens is 360 g/mol. The smallest absolute Gasteiger partial charge is 0.243 e. The monoisotopic (exact) mass is 388 g/mol. The quantitative estimate of drug-likeness (QED) is 0.461. The largest absolute Gasteiger partial charge is 0.494 e. The molecule has 2 rings (SSSR count). The Kier molecular flexibility index (Phi) is 8.99. The fourth-order valence-electron chi connectivity index (χ4n) is 2.70. The maximum absolute atomic E-state index is 12.2. The summed E-state index contributed by atoms with van der Waals surface area (Å²) in [5.41, 5.74) is 2.56. The summed E-state index contributed by atoms with van der Waals surface area (Å²) < 4.78 is 5.80. The lowest BCUT2D eigenvalue weighted by atomic mass is 10.2. The van der Waals surface area contributed by atoms with Gasteiger partial charge in [0.1, 0.15) is 5.75 Å². The van der Waals surface area contributed by atoms with Gasteiger partial charge >= 0.3 is 0 Å². The van der Waals surface area contributed by atoms with Crippen molar-refractivity contribution in [3.63, 3.8) is 0 Å². The van der Waals surface area contributed by atoms with Gasteiger partial charge in [-0.1, -0.05) is 56.3 Å². The molecule has 2 aromatic rings. The van der Waals surface area contributed by atoms with E-state index in [1.54, 1.807) is 12.1 Å². The van der Waals surface area contributed by atoms with Crippen molar-refractivity contribution < 1.29 is 9.53 Å². The summed E-state index contributed by atoms with van der Waals surface area (Å²) in [6.45, 7) is 5.04. The number of anilines is 2. The van der Waals surface area contributed by atoms with Crippen molar-refractivity contribution in [3.05, 3.63) is 53.1 Å². The first-order valence-electron chi connectivity index (χ1n) is 9.61. The lowest BCUT2D eigenvalue weighted by molar-refractivity contribution is -0.114. The van der Waals surface area contributed by atoms with E-state index in [2.05, 4.69) is 17.6 Å². The molecule has 1 amide bonds. The van der Waals surface area contributed by atoms with Crippen LogP contribution in [0.4, 0.5) is 11.4 Å². The molecule has 0 radical (unpaired) electrons. The number of carbonyl (C=O) groups excluding carboxylic acids is 1. The fraction of sp³-hybridized carbons (Fsp3) is 0.409. The van der Waals surface area contributed by atoms with Crippen LogP contribution in [0.3, 0.4) is 0 Å². The Bertz CT molecular complexity index is 734. The van der Waals surface area contributed by atoms with E-state index in [4.69, 9.17) is 16.3 Å². The molecule has 0 fully saturated rings. The Morgan fingerprint density at radius 2 is 1.89 bits per heavy atom. The third-order valence-corrected chi connectivity index (χ3v) is 4.51. The van der Waals surface area contributed by atoms with Crippen LogP contribution in [-0.4, -0.2) is 19.1 Å². The molecule has 146 valence electrons. The zero-order chi connectivity index (χ0) is 19.5. The number of unbranched alkanes of at least 4 members (excludes halogenated alkanes) is 4. The van der Waals surface area contributed by atoms with Crippen molar-refractivity contribution in [1.29, 1.82) is 0 Å². The first kappa shape index (κ1) is 21.1. The van der Waals surface area contributed by atoms with Crippen molar-refractivity contribution in [2.45, 2.75) is 46.0 Å². The van der Waals surface area contributed by atoms with E-state index >= 15 is 0 Å². The van der Waals surface area contributed by atoms with Crippen molar-refractivity contribution >= 4 is 28.9 Å². The van der Waals surface area contributed by atoms with Crippen LogP contribution in [-0.2, 0) is 4.79 Å². The maximum atomic E-state index is 12.2. The number of halogens is 1. The Morgan fingerprint density at radius 1 is 1.07 bits per heavy atom. The van der Waals surface area contributed by atoms with Gasteiger partial charge in [-0.25, -0.2) is 0 Å². The minimum Gasteiger partial charge on any atom is -0.494 e. The summed E-state index contributed by atoms with van der Waals surface area (Å²) in [5, 5.41) is 6.61. The average Bonchev–Trinajstić information content (AvgIpc) is 2.66. The normalized spacial score (nSPS) is 10.5. The highest BCUT2D eigenvalue weighted by Gasteiger charge is 2.06. The molecule has 27 heavy (non-hydrogen) atoms. The van der Waals surface area contributed by atoms with Gasteiger partial charge in [0.2, 0.25) is 5.91 Å². The Morgan fingerprint density at radius 3 is 2.70 bits per heavy atom. The third-order valence-electron chi connectivity index (χ3n) is 4.28. The lowest BCUT2D eigenvalue weighted by Gasteiger charge is -2.11. The number of hydrogen-bond donors (Lipinski definition) is 2. The predicted molar refractivity (Wildman–Crippen MR) is 114 cm³/mol. The lowest BCUT2D eigenvalue weighted by Crippen LogP contribution is -2.22. The van der Waals surface area contributed by atoms with E-state index in [0.29, 0.717) is 5.02 Å². The molecule has 4 nitrogen and oxygen atoms in total.